The first-order valence-electron chi connectivity index (χ1n) is 4.89. The summed E-state index contributed by atoms with van der Waals surface area (Å²) in [6, 6.07) is 0. The first-order valence-corrected chi connectivity index (χ1v) is 4.89. The highest BCUT2D eigenvalue weighted by atomic mass is 16.5. The fourth-order valence-corrected chi connectivity index (χ4v) is 1.34. The average molecular weight is 183 g/mol. The molecule has 1 aliphatic rings. The topological polar surface area (TPSA) is 29.5 Å². The van der Waals surface area contributed by atoms with Crippen molar-refractivity contribution in [2.24, 2.45) is 0 Å². The minimum Gasteiger partial charge on any atom is -0.500 e. The minimum atomic E-state index is 0.267. The Balaban J connectivity index is 2.05. The van der Waals surface area contributed by atoms with E-state index in [1.54, 1.807) is 6.26 Å². The van der Waals surface area contributed by atoms with Gasteiger partial charge in [0.15, 0.2) is 0 Å². The molecule has 1 heterocycles. The summed E-state index contributed by atoms with van der Waals surface area (Å²) in [5.41, 5.74) is 0. The Morgan fingerprint density at radius 1 is 1.62 bits per heavy atom. The molecule has 0 aliphatic carbocycles. The Labute approximate surface area is 79.4 Å². The maximum atomic E-state index is 11.1. The van der Waals surface area contributed by atoms with E-state index >= 15 is 0 Å². The maximum absolute atomic E-state index is 11.1. The number of likely N-dealkylation sites (tertiary alicyclic amines) is 1. The molecule has 0 N–H and O–H groups in total. The second-order valence-electron chi connectivity index (χ2n) is 3.14. The predicted molar refractivity (Wildman–Crippen MR) is 51.2 cm³/mol. The number of allylic oxidation sites excluding steroid dienone is 1. The summed E-state index contributed by atoms with van der Waals surface area (Å²) in [6.45, 7) is 4.30. The zero-order valence-electron chi connectivity index (χ0n) is 8.16. The zero-order chi connectivity index (χ0) is 9.52. The summed E-state index contributed by atoms with van der Waals surface area (Å²) in [7, 11) is 0. The molecule has 0 aromatic heterocycles. The van der Waals surface area contributed by atoms with Crippen LogP contribution in [0.2, 0.25) is 0 Å². The van der Waals surface area contributed by atoms with Crippen LogP contribution < -0.4 is 0 Å². The summed E-state index contributed by atoms with van der Waals surface area (Å²) >= 11 is 0. The number of nitrogens with zero attached hydrogens (tertiary/aromatic N) is 1. The maximum Gasteiger partial charge on any atom is 0.222 e. The van der Waals surface area contributed by atoms with E-state index in [9.17, 15) is 4.79 Å². The van der Waals surface area contributed by atoms with Crippen LogP contribution in [0.25, 0.3) is 0 Å². The van der Waals surface area contributed by atoms with E-state index in [0.717, 1.165) is 25.9 Å². The molecule has 3 nitrogen and oxygen atoms in total. The normalized spacial score (nSPS) is 17.3. The molecule has 1 amide bonds. The molecule has 0 aromatic carbocycles. The monoisotopic (exact) mass is 183 g/mol. The van der Waals surface area contributed by atoms with E-state index in [1.807, 2.05) is 11.0 Å². The van der Waals surface area contributed by atoms with Crippen molar-refractivity contribution in [2.45, 2.75) is 26.2 Å². The van der Waals surface area contributed by atoms with Crippen LogP contribution in [-0.2, 0) is 9.53 Å². The van der Waals surface area contributed by atoms with Crippen LogP contribution in [0.3, 0.4) is 0 Å². The van der Waals surface area contributed by atoms with Crippen molar-refractivity contribution in [3.8, 4) is 0 Å². The largest absolute Gasteiger partial charge is 0.500 e. The van der Waals surface area contributed by atoms with Gasteiger partial charge < -0.3 is 9.64 Å². The van der Waals surface area contributed by atoms with Crippen LogP contribution in [-0.4, -0.2) is 30.5 Å². The smallest absolute Gasteiger partial charge is 0.222 e. The molecular weight excluding hydrogens is 166 g/mol. The average Bonchev–Trinajstić information content (AvgIpc) is 2.52. The van der Waals surface area contributed by atoms with E-state index in [4.69, 9.17) is 4.74 Å². The Hall–Kier alpha value is -0.990. The third kappa shape index (κ3) is 3.49. The number of carbonyl (C=O) groups excluding carboxylic acids is 1. The molecule has 0 saturated carbocycles. The molecule has 0 radical (unpaired) electrons. The van der Waals surface area contributed by atoms with E-state index in [2.05, 4.69) is 6.92 Å². The van der Waals surface area contributed by atoms with Gasteiger partial charge in [0.1, 0.15) is 6.61 Å². The Morgan fingerprint density at radius 2 is 2.46 bits per heavy atom. The van der Waals surface area contributed by atoms with E-state index in [1.165, 1.54) is 0 Å². The molecule has 13 heavy (non-hydrogen) atoms. The van der Waals surface area contributed by atoms with Crippen molar-refractivity contribution in [2.75, 3.05) is 19.7 Å². The number of hydrogen-bond donors (Lipinski definition) is 0. The fourth-order valence-electron chi connectivity index (χ4n) is 1.34. The molecule has 1 saturated heterocycles. The number of amides is 1. The van der Waals surface area contributed by atoms with Gasteiger partial charge in [0.05, 0.1) is 12.8 Å². The van der Waals surface area contributed by atoms with Gasteiger partial charge in [-0.05, 0) is 12.8 Å². The summed E-state index contributed by atoms with van der Waals surface area (Å²) in [6.07, 6.45) is 6.38. The SMILES string of the molecule is CCC=COCCN1CCCC1=O. The Bertz CT molecular complexity index is 189. The zero-order valence-corrected chi connectivity index (χ0v) is 8.16. The molecule has 0 aromatic rings. The highest BCUT2D eigenvalue weighted by molar-refractivity contribution is 5.77. The molecule has 3 heteroatoms. The highest BCUT2D eigenvalue weighted by Gasteiger charge is 2.18. The second kappa shape index (κ2) is 5.62. The van der Waals surface area contributed by atoms with E-state index < -0.39 is 0 Å². The minimum absolute atomic E-state index is 0.267. The first kappa shape index (κ1) is 10.1. The van der Waals surface area contributed by atoms with Gasteiger partial charge in [0, 0.05) is 13.0 Å². The molecule has 1 aliphatic heterocycles. The van der Waals surface area contributed by atoms with Crippen LogP contribution in [0.5, 0.6) is 0 Å². The van der Waals surface area contributed by atoms with Crippen LogP contribution >= 0.6 is 0 Å². The highest BCUT2D eigenvalue weighted by Crippen LogP contribution is 2.08. The van der Waals surface area contributed by atoms with Gasteiger partial charge >= 0.3 is 0 Å². The summed E-state index contributed by atoms with van der Waals surface area (Å²) < 4.78 is 5.21. The summed E-state index contributed by atoms with van der Waals surface area (Å²) in [4.78, 5) is 13.0. The molecule has 0 spiro atoms. The van der Waals surface area contributed by atoms with Crippen molar-refractivity contribution in [3.05, 3.63) is 12.3 Å². The van der Waals surface area contributed by atoms with Crippen LogP contribution in [0.1, 0.15) is 26.2 Å². The molecule has 0 bridgehead atoms. The van der Waals surface area contributed by atoms with Gasteiger partial charge in [-0.1, -0.05) is 13.0 Å². The predicted octanol–water partition coefficient (Wildman–Crippen LogP) is 1.55. The van der Waals surface area contributed by atoms with Crippen molar-refractivity contribution in [1.82, 2.24) is 4.90 Å². The Morgan fingerprint density at radius 3 is 3.08 bits per heavy atom. The molecule has 0 atom stereocenters. The lowest BCUT2D eigenvalue weighted by Gasteiger charge is -2.14. The lowest BCUT2D eigenvalue weighted by molar-refractivity contribution is -0.128. The molecule has 1 rings (SSSR count). The van der Waals surface area contributed by atoms with Crippen LogP contribution in [0.15, 0.2) is 12.3 Å². The van der Waals surface area contributed by atoms with Gasteiger partial charge in [0.25, 0.3) is 0 Å². The number of carbonyl (C=O) groups is 1. The molecule has 0 unspecified atom stereocenters. The first-order chi connectivity index (χ1) is 6.34. The van der Waals surface area contributed by atoms with Gasteiger partial charge in [-0.25, -0.2) is 0 Å². The Kier molecular flexibility index (Phi) is 4.36. The van der Waals surface area contributed by atoms with Gasteiger partial charge in [-0.15, -0.1) is 0 Å². The quantitative estimate of drug-likeness (QED) is 0.478. The molecular formula is C10H17NO2. The van der Waals surface area contributed by atoms with Crippen molar-refractivity contribution in [1.29, 1.82) is 0 Å². The van der Waals surface area contributed by atoms with Crippen molar-refractivity contribution in [3.63, 3.8) is 0 Å². The van der Waals surface area contributed by atoms with E-state index in [-0.39, 0.29) is 5.91 Å². The third-order valence-corrected chi connectivity index (χ3v) is 2.08. The van der Waals surface area contributed by atoms with Gasteiger partial charge in [-0.2, -0.15) is 0 Å². The molecule has 1 fully saturated rings. The fraction of sp³-hybridized carbons (Fsp3) is 0.700. The van der Waals surface area contributed by atoms with Gasteiger partial charge in [0.2, 0.25) is 5.91 Å². The van der Waals surface area contributed by atoms with Crippen molar-refractivity contribution >= 4 is 5.91 Å². The van der Waals surface area contributed by atoms with Crippen molar-refractivity contribution < 1.29 is 9.53 Å². The second-order valence-corrected chi connectivity index (χ2v) is 3.14. The lowest BCUT2D eigenvalue weighted by Crippen LogP contribution is -2.27. The number of hydrogen-bond acceptors (Lipinski definition) is 2. The lowest BCUT2D eigenvalue weighted by atomic mass is 10.4. The third-order valence-electron chi connectivity index (χ3n) is 2.08. The molecule has 74 valence electrons. The van der Waals surface area contributed by atoms with E-state index in [0.29, 0.717) is 13.0 Å². The number of ether oxygens (including phenoxy) is 1. The standard InChI is InChI=1S/C10H17NO2/c1-2-3-8-13-9-7-11-6-4-5-10(11)12/h3,8H,2,4-7,9H2,1H3. The van der Waals surface area contributed by atoms with Gasteiger partial charge in [-0.3, -0.25) is 4.79 Å². The summed E-state index contributed by atoms with van der Waals surface area (Å²) in [5, 5.41) is 0. The van der Waals surface area contributed by atoms with Crippen LogP contribution in [0, 0.1) is 0 Å². The number of rotatable bonds is 5. The summed E-state index contributed by atoms with van der Waals surface area (Å²) in [5.74, 6) is 0.267. The van der Waals surface area contributed by atoms with Crippen LogP contribution in [0.4, 0.5) is 0 Å².